The Balaban J connectivity index is 1.51. The van der Waals surface area contributed by atoms with E-state index >= 15 is 0 Å². The topological polar surface area (TPSA) is 47.9 Å². The Morgan fingerprint density at radius 2 is 1.44 bits per heavy atom. The van der Waals surface area contributed by atoms with Crippen molar-refractivity contribution >= 4 is 6.08 Å². The minimum Gasteiger partial charge on any atom is -0.508 e. The highest BCUT2D eigenvalue weighted by Crippen LogP contribution is 2.62. The van der Waals surface area contributed by atoms with Gasteiger partial charge in [-0.2, -0.15) is 0 Å². The van der Waals surface area contributed by atoms with Crippen LogP contribution in [0.5, 0.6) is 11.5 Å². The molecule has 2 aromatic carbocycles. The Morgan fingerprint density at radius 1 is 0.760 bits per heavy atom. The van der Waals surface area contributed by atoms with Crippen LogP contribution in [0.15, 0.2) is 30.3 Å². The third kappa shape index (κ3) is 6.48. The van der Waals surface area contributed by atoms with Gasteiger partial charge in [-0.3, -0.25) is 0 Å². The van der Waals surface area contributed by atoms with Gasteiger partial charge in [0.1, 0.15) is 23.7 Å². The third-order valence-electron chi connectivity index (χ3n) is 13.8. The van der Waals surface area contributed by atoms with Crippen LogP contribution in [0.3, 0.4) is 0 Å². The van der Waals surface area contributed by atoms with E-state index in [0.717, 1.165) is 50.0 Å². The number of ether oxygens (including phenoxy) is 3. The summed E-state index contributed by atoms with van der Waals surface area (Å²) in [5.74, 6) is 2.65. The lowest BCUT2D eigenvalue weighted by molar-refractivity contribution is -0.129. The quantitative estimate of drug-likeness (QED) is 0.239. The van der Waals surface area contributed by atoms with Crippen LogP contribution in [-0.4, -0.2) is 31.0 Å². The second-order valence-electron chi connectivity index (χ2n) is 19.0. The molecule has 4 aliphatic carbocycles. The molecule has 4 aliphatic rings. The molecule has 50 heavy (non-hydrogen) atoms. The zero-order valence-electron chi connectivity index (χ0n) is 33.4. The highest BCUT2D eigenvalue weighted by Gasteiger charge is 2.59. The number of phenols is 1. The molecule has 4 heteroatoms. The molecule has 0 radical (unpaired) electrons. The number of unbranched alkanes of at least 4 members (excludes halogenated alkanes) is 1. The van der Waals surface area contributed by atoms with E-state index in [9.17, 15) is 5.11 Å². The number of rotatable bonds is 11. The van der Waals surface area contributed by atoms with E-state index in [4.69, 9.17) is 14.2 Å². The molecule has 0 bridgehead atoms. The van der Waals surface area contributed by atoms with Crippen molar-refractivity contribution in [1.29, 1.82) is 0 Å². The van der Waals surface area contributed by atoms with Gasteiger partial charge in [0, 0.05) is 12.5 Å². The summed E-state index contributed by atoms with van der Waals surface area (Å²) < 4.78 is 20.8. The molecule has 0 aliphatic heterocycles. The fourth-order valence-corrected chi connectivity index (χ4v) is 11.3. The average Bonchev–Trinajstić information content (AvgIpc) is 3.02. The lowest BCUT2D eigenvalue weighted by atomic mass is 9.48. The fraction of sp³-hybridized carbons (Fsp3) is 0.696. The molecule has 0 heterocycles. The Hall–Kier alpha value is -2.30. The van der Waals surface area contributed by atoms with Gasteiger partial charge < -0.3 is 19.3 Å². The first-order valence-corrected chi connectivity index (χ1v) is 20.1. The number of hydrogen-bond acceptors (Lipinski definition) is 4. The minimum absolute atomic E-state index is 0.0142. The number of benzene rings is 2. The van der Waals surface area contributed by atoms with Crippen LogP contribution in [0, 0.1) is 22.7 Å². The van der Waals surface area contributed by atoms with Gasteiger partial charge in [0.25, 0.3) is 0 Å². The van der Waals surface area contributed by atoms with Gasteiger partial charge in [0.05, 0.1) is 13.2 Å². The number of hydrogen-bond donors (Lipinski definition) is 1. The summed E-state index contributed by atoms with van der Waals surface area (Å²) in [5, 5.41) is 11.4. The van der Waals surface area contributed by atoms with Crippen LogP contribution in [0.4, 0.5) is 0 Å². The number of fused-ring (bicyclic) bond motifs is 6. The maximum Gasteiger partial charge on any atom is 0.133 e. The predicted molar refractivity (Wildman–Crippen MR) is 208 cm³/mol. The van der Waals surface area contributed by atoms with Gasteiger partial charge >= 0.3 is 0 Å². The van der Waals surface area contributed by atoms with Crippen molar-refractivity contribution in [2.45, 2.75) is 162 Å². The maximum absolute atomic E-state index is 11.4. The van der Waals surface area contributed by atoms with Crippen LogP contribution in [0.25, 0.3) is 6.08 Å². The number of allylic oxidation sites excluding steroid dienone is 1. The van der Waals surface area contributed by atoms with E-state index in [1.165, 1.54) is 47.1 Å². The minimum atomic E-state index is -0.277. The second kappa shape index (κ2) is 13.9. The van der Waals surface area contributed by atoms with E-state index in [2.05, 4.69) is 113 Å². The van der Waals surface area contributed by atoms with Crippen molar-refractivity contribution in [2.24, 2.45) is 22.7 Å². The summed E-state index contributed by atoms with van der Waals surface area (Å²) in [6, 6.07) is 9.27. The molecule has 6 unspecified atom stereocenters. The molecule has 6 atom stereocenters. The van der Waals surface area contributed by atoms with Gasteiger partial charge in [-0.05, 0) is 129 Å². The second-order valence-corrected chi connectivity index (χ2v) is 19.0. The molecular weight excluding hydrogens is 617 g/mol. The van der Waals surface area contributed by atoms with Crippen molar-refractivity contribution < 1.29 is 19.3 Å². The summed E-state index contributed by atoms with van der Waals surface area (Å²) in [7, 11) is 0. The third-order valence-corrected chi connectivity index (χ3v) is 13.8. The SMILES string of the molecule is CCCCOCCOC1c2cc(C(C)C)c(O)cc2C2(C)CCCC(C)(C)C2C1Oc1cc2c(cc1C(C)C)C=CC1C(C)(C)CCCC21C. The molecule has 4 nitrogen and oxygen atoms in total. The summed E-state index contributed by atoms with van der Waals surface area (Å²) in [6.07, 6.45) is 13.8. The first-order chi connectivity index (χ1) is 23.5. The van der Waals surface area contributed by atoms with Crippen molar-refractivity contribution in [2.75, 3.05) is 19.8 Å². The molecule has 6 rings (SSSR count). The molecule has 0 spiro atoms. The van der Waals surface area contributed by atoms with Gasteiger partial charge in [-0.1, -0.05) is 108 Å². The van der Waals surface area contributed by atoms with Crippen molar-refractivity contribution in [3.8, 4) is 11.5 Å². The zero-order valence-corrected chi connectivity index (χ0v) is 33.4. The highest BCUT2D eigenvalue weighted by atomic mass is 16.6. The summed E-state index contributed by atoms with van der Waals surface area (Å²) in [5.41, 5.74) is 7.70. The highest BCUT2D eigenvalue weighted by molar-refractivity contribution is 5.65. The van der Waals surface area contributed by atoms with E-state index < -0.39 is 0 Å². The lowest BCUT2D eigenvalue weighted by Crippen LogP contribution is -2.58. The standard InChI is InChI=1S/C46H68O4/c1-12-13-22-48-23-24-49-40-34-26-32(29(2)3)37(47)27-36(34)46(11)21-15-19-44(8,9)42(46)41(40)50-38-28-35-31(25-33(38)30(4)5)16-17-39-43(6,7)18-14-20-45(35,39)10/h16-17,25-30,39-42,47H,12-15,18-24H2,1-11H3. The molecule has 0 amide bonds. The maximum atomic E-state index is 11.4. The normalized spacial score (nSPS) is 30.8. The monoisotopic (exact) mass is 685 g/mol. The molecule has 2 aromatic rings. The van der Waals surface area contributed by atoms with Crippen LogP contribution < -0.4 is 4.74 Å². The van der Waals surface area contributed by atoms with Crippen molar-refractivity contribution in [3.05, 3.63) is 63.7 Å². The first-order valence-electron chi connectivity index (χ1n) is 20.1. The van der Waals surface area contributed by atoms with Crippen LogP contribution in [-0.2, 0) is 20.3 Å². The largest absolute Gasteiger partial charge is 0.508 e. The van der Waals surface area contributed by atoms with Crippen LogP contribution in [0.2, 0.25) is 0 Å². The predicted octanol–water partition coefficient (Wildman–Crippen LogP) is 12.2. The average molecular weight is 685 g/mol. The van der Waals surface area contributed by atoms with Gasteiger partial charge in [0.15, 0.2) is 0 Å². The lowest BCUT2D eigenvalue weighted by Gasteiger charge is -2.58. The van der Waals surface area contributed by atoms with Crippen molar-refractivity contribution in [3.63, 3.8) is 0 Å². The smallest absolute Gasteiger partial charge is 0.133 e. The van der Waals surface area contributed by atoms with E-state index in [0.29, 0.717) is 30.8 Å². The van der Waals surface area contributed by atoms with Crippen LogP contribution >= 0.6 is 0 Å². The van der Waals surface area contributed by atoms with Crippen molar-refractivity contribution in [1.82, 2.24) is 0 Å². The first kappa shape index (κ1) is 37.5. The summed E-state index contributed by atoms with van der Waals surface area (Å²) >= 11 is 0. The number of aromatic hydroxyl groups is 1. The molecule has 1 N–H and O–H groups in total. The summed E-state index contributed by atoms with van der Waals surface area (Å²) in [6.45, 7) is 27.8. The summed E-state index contributed by atoms with van der Waals surface area (Å²) in [4.78, 5) is 0. The molecule has 276 valence electrons. The molecule has 2 fully saturated rings. The molecule has 0 saturated heterocycles. The molecule has 2 saturated carbocycles. The zero-order chi connectivity index (χ0) is 36.2. The van der Waals surface area contributed by atoms with Gasteiger partial charge in [0.2, 0.25) is 0 Å². The van der Waals surface area contributed by atoms with Gasteiger partial charge in [-0.25, -0.2) is 0 Å². The Labute approximate surface area is 304 Å². The molecular formula is C46H68O4. The molecule has 0 aromatic heterocycles. The Bertz CT molecular complexity index is 1560. The Kier molecular flexibility index (Phi) is 10.4. The Morgan fingerprint density at radius 3 is 2.12 bits per heavy atom. The van der Waals surface area contributed by atoms with E-state index in [-0.39, 0.29) is 45.7 Å². The number of phenolic OH excluding ortho intramolecular Hbond substituents is 1. The van der Waals surface area contributed by atoms with Gasteiger partial charge in [-0.15, -0.1) is 0 Å². The van der Waals surface area contributed by atoms with Crippen LogP contribution in [0.1, 0.15) is 179 Å². The van der Waals surface area contributed by atoms with E-state index in [1.807, 2.05) is 0 Å². The fourth-order valence-electron chi connectivity index (χ4n) is 11.3. The van der Waals surface area contributed by atoms with E-state index in [1.54, 1.807) is 0 Å².